The highest BCUT2D eigenvalue weighted by Gasteiger charge is 2.10. The average molecular weight is 352 g/mol. The molecule has 1 amide bonds. The molecule has 0 saturated carbocycles. The predicted molar refractivity (Wildman–Crippen MR) is 94.9 cm³/mol. The van der Waals surface area contributed by atoms with Crippen molar-refractivity contribution in [2.45, 2.75) is 0 Å². The lowest BCUT2D eigenvalue weighted by atomic mass is 10.1. The molecule has 0 atom stereocenters. The van der Waals surface area contributed by atoms with Crippen molar-refractivity contribution in [3.05, 3.63) is 88.4 Å². The van der Waals surface area contributed by atoms with Crippen molar-refractivity contribution in [2.24, 2.45) is 0 Å². The topological polar surface area (TPSA) is 85.4 Å². The standard InChI is InChI=1S/C19H13FN2O4/c20-16-6-1-2-7-17(16)21-19(23)11-9-15-8-10-18(26-15)13-4-3-5-14(12-13)22(24)25/h1-12H,(H,21,23)/b11-9+. The molecule has 7 heteroatoms. The van der Waals surface area contributed by atoms with E-state index >= 15 is 0 Å². The van der Waals surface area contributed by atoms with Crippen LogP contribution < -0.4 is 5.32 Å². The summed E-state index contributed by atoms with van der Waals surface area (Å²) in [5, 5.41) is 13.3. The van der Waals surface area contributed by atoms with Gasteiger partial charge in [0.2, 0.25) is 5.91 Å². The fourth-order valence-electron chi connectivity index (χ4n) is 2.27. The highest BCUT2D eigenvalue weighted by Crippen LogP contribution is 2.26. The maximum absolute atomic E-state index is 13.5. The minimum Gasteiger partial charge on any atom is -0.457 e. The maximum atomic E-state index is 13.5. The Morgan fingerprint density at radius 2 is 1.92 bits per heavy atom. The number of amides is 1. The van der Waals surface area contributed by atoms with Gasteiger partial charge in [0.25, 0.3) is 5.69 Å². The van der Waals surface area contributed by atoms with Gasteiger partial charge >= 0.3 is 0 Å². The van der Waals surface area contributed by atoms with Crippen LogP contribution in [0.4, 0.5) is 15.8 Å². The number of non-ortho nitro benzene ring substituents is 1. The third-order valence-electron chi connectivity index (χ3n) is 3.50. The van der Waals surface area contributed by atoms with Crippen LogP contribution in [0.25, 0.3) is 17.4 Å². The van der Waals surface area contributed by atoms with E-state index in [4.69, 9.17) is 4.42 Å². The molecule has 6 nitrogen and oxygen atoms in total. The molecule has 1 heterocycles. The molecule has 0 unspecified atom stereocenters. The predicted octanol–water partition coefficient (Wildman–Crippen LogP) is 4.65. The van der Waals surface area contributed by atoms with Crippen molar-refractivity contribution < 1.29 is 18.5 Å². The third-order valence-corrected chi connectivity index (χ3v) is 3.50. The number of furan rings is 1. The number of rotatable bonds is 5. The molecule has 0 aliphatic rings. The zero-order valence-electron chi connectivity index (χ0n) is 13.4. The smallest absolute Gasteiger partial charge is 0.270 e. The summed E-state index contributed by atoms with van der Waals surface area (Å²) >= 11 is 0. The van der Waals surface area contributed by atoms with Crippen molar-refractivity contribution in [2.75, 3.05) is 5.32 Å². The van der Waals surface area contributed by atoms with Crippen molar-refractivity contribution in [3.63, 3.8) is 0 Å². The first kappa shape index (κ1) is 17.1. The van der Waals surface area contributed by atoms with Crippen molar-refractivity contribution >= 4 is 23.4 Å². The molecule has 26 heavy (non-hydrogen) atoms. The number of nitro groups is 1. The number of nitrogens with one attached hydrogen (secondary N) is 1. The molecule has 0 aliphatic heterocycles. The minimum absolute atomic E-state index is 0.0414. The maximum Gasteiger partial charge on any atom is 0.270 e. The van der Waals surface area contributed by atoms with Gasteiger partial charge in [0.05, 0.1) is 10.6 Å². The molecule has 130 valence electrons. The Labute approximate surface area is 147 Å². The number of nitro benzene ring substituents is 1. The first-order valence-corrected chi connectivity index (χ1v) is 7.61. The van der Waals surface area contributed by atoms with E-state index in [1.54, 1.807) is 30.3 Å². The highest BCUT2D eigenvalue weighted by atomic mass is 19.1. The van der Waals surface area contributed by atoms with E-state index in [-0.39, 0.29) is 11.4 Å². The molecular weight excluding hydrogens is 339 g/mol. The van der Waals surface area contributed by atoms with Crippen LogP contribution in [0.3, 0.4) is 0 Å². The van der Waals surface area contributed by atoms with E-state index < -0.39 is 16.6 Å². The van der Waals surface area contributed by atoms with E-state index in [0.29, 0.717) is 17.1 Å². The molecule has 0 spiro atoms. The van der Waals surface area contributed by atoms with Crippen LogP contribution in [-0.4, -0.2) is 10.8 Å². The second-order valence-electron chi connectivity index (χ2n) is 5.31. The largest absolute Gasteiger partial charge is 0.457 e. The van der Waals surface area contributed by atoms with E-state index in [9.17, 15) is 19.3 Å². The molecule has 0 radical (unpaired) electrons. The van der Waals surface area contributed by atoms with Gasteiger partial charge in [-0.3, -0.25) is 14.9 Å². The molecular formula is C19H13FN2O4. The second kappa shape index (κ2) is 7.43. The van der Waals surface area contributed by atoms with Crippen LogP contribution in [0.5, 0.6) is 0 Å². The van der Waals surface area contributed by atoms with Gasteiger partial charge < -0.3 is 9.73 Å². The van der Waals surface area contributed by atoms with Crippen LogP contribution in [-0.2, 0) is 4.79 Å². The minimum atomic E-state index is -0.528. The normalized spacial score (nSPS) is 10.8. The highest BCUT2D eigenvalue weighted by molar-refractivity contribution is 6.01. The Kier molecular flexibility index (Phi) is 4.89. The summed E-state index contributed by atoms with van der Waals surface area (Å²) in [6.07, 6.45) is 2.64. The summed E-state index contributed by atoms with van der Waals surface area (Å²) in [5.41, 5.74) is 0.591. The van der Waals surface area contributed by atoms with Gasteiger partial charge in [-0.25, -0.2) is 4.39 Å². The van der Waals surface area contributed by atoms with Gasteiger partial charge in [-0.1, -0.05) is 24.3 Å². The fraction of sp³-hybridized carbons (Fsp3) is 0. The number of hydrogen-bond donors (Lipinski definition) is 1. The van der Waals surface area contributed by atoms with Crippen molar-refractivity contribution in [1.82, 2.24) is 0 Å². The van der Waals surface area contributed by atoms with Gasteiger partial charge in [-0.2, -0.15) is 0 Å². The molecule has 0 saturated heterocycles. The molecule has 0 bridgehead atoms. The number of carbonyl (C=O) groups excluding carboxylic acids is 1. The Morgan fingerprint density at radius 1 is 1.12 bits per heavy atom. The summed E-state index contributed by atoms with van der Waals surface area (Å²) in [7, 11) is 0. The lowest BCUT2D eigenvalue weighted by Crippen LogP contribution is -2.08. The molecule has 0 aliphatic carbocycles. The van der Waals surface area contributed by atoms with Gasteiger partial charge in [-0.15, -0.1) is 0 Å². The zero-order chi connectivity index (χ0) is 18.5. The lowest BCUT2D eigenvalue weighted by molar-refractivity contribution is -0.384. The number of nitrogens with zero attached hydrogens (tertiary/aromatic N) is 1. The van der Waals surface area contributed by atoms with Crippen molar-refractivity contribution in [3.8, 4) is 11.3 Å². The van der Waals surface area contributed by atoms with Crippen LogP contribution in [0, 0.1) is 15.9 Å². The van der Waals surface area contributed by atoms with Crippen LogP contribution in [0.2, 0.25) is 0 Å². The van der Waals surface area contributed by atoms with E-state index in [1.165, 1.54) is 42.5 Å². The first-order valence-electron chi connectivity index (χ1n) is 7.61. The fourth-order valence-corrected chi connectivity index (χ4v) is 2.27. The SMILES string of the molecule is O=C(/C=C/c1ccc(-c2cccc([N+](=O)[O-])c2)o1)Nc1ccccc1F. The van der Waals surface area contributed by atoms with Gasteiger partial charge in [0.1, 0.15) is 17.3 Å². The number of benzene rings is 2. The summed E-state index contributed by atoms with van der Waals surface area (Å²) in [4.78, 5) is 22.2. The monoisotopic (exact) mass is 352 g/mol. The van der Waals surface area contributed by atoms with Gasteiger partial charge in [0, 0.05) is 23.8 Å². The Bertz CT molecular complexity index is 994. The van der Waals surface area contributed by atoms with Crippen LogP contribution in [0.1, 0.15) is 5.76 Å². The molecule has 1 N–H and O–H groups in total. The first-order chi connectivity index (χ1) is 12.5. The van der Waals surface area contributed by atoms with Gasteiger partial charge in [-0.05, 0) is 30.3 Å². The molecule has 2 aromatic carbocycles. The summed E-state index contributed by atoms with van der Waals surface area (Å²) < 4.78 is 19.1. The molecule has 3 aromatic rings. The Morgan fingerprint density at radius 3 is 2.69 bits per heavy atom. The lowest BCUT2D eigenvalue weighted by Gasteiger charge is -2.02. The van der Waals surface area contributed by atoms with Crippen LogP contribution >= 0.6 is 0 Å². The van der Waals surface area contributed by atoms with Crippen molar-refractivity contribution in [1.29, 1.82) is 0 Å². The third kappa shape index (κ3) is 4.02. The second-order valence-corrected chi connectivity index (χ2v) is 5.31. The average Bonchev–Trinajstić information content (AvgIpc) is 3.11. The van der Waals surface area contributed by atoms with E-state index in [0.717, 1.165) is 0 Å². The zero-order valence-corrected chi connectivity index (χ0v) is 13.4. The Hall–Kier alpha value is -3.74. The molecule has 3 rings (SSSR count). The summed E-state index contributed by atoms with van der Waals surface area (Å²) in [6, 6.07) is 15.1. The Balaban J connectivity index is 1.71. The number of anilines is 1. The number of para-hydroxylation sites is 1. The molecule has 0 fully saturated rings. The molecule has 1 aromatic heterocycles. The van der Waals surface area contributed by atoms with Gasteiger partial charge in [0.15, 0.2) is 0 Å². The van der Waals surface area contributed by atoms with Crippen LogP contribution in [0.15, 0.2) is 71.2 Å². The summed E-state index contributed by atoms with van der Waals surface area (Å²) in [5.74, 6) is -0.221. The number of halogens is 1. The number of hydrogen-bond acceptors (Lipinski definition) is 4. The summed E-state index contributed by atoms with van der Waals surface area (Å²) in [6.45, 7) is 0. The number of carbonyl (C=O) groups is 1. The van der Waals surface area contributed by atoms with E-state index in [2.05, 4.69) is 5.32 Å². The van der Waals surface area contributed by atoms with E-state index in [1.807, 2.05) is 0 Å². The quantitative estimate of drug-likeness (QED) is 0.411.